The molecule has 6 heteroatoms. The molecule has 2 atom stereocenters. The number of methoxy groups -OCH3 is 1. The molecule has 1 rings (SSSR count). The third-order valence-electron chi connectivity index (χ3n) is 4.50. The standard InChI is InChI=1S/C18H31NO5/c1-11-6-8-12(9-7-11)10-13(16(21)24-18(2,3)4)15(20)14(19)17(22)23-5/h11-14H,6-10,19H2,1-5H3/t11?,12?,13-,14?/m0/s1. The summed E-state index contributed by atoms with van der Waals surface area (Å²) in [6, 6.07) is -1.45. The molecule has 0 aromatic heterocycles. The van der Waals surface area contributed by atoms with Crippen molar-refractivity contribution in [2.75, 3.05) is 7.11 Å². The molecule has 0 radical (unpaired) electrons. The highest BCUT2D eigenvalue weighted by atomic mass is 16.6. The van der Waals surface area contributed by atoms with E-state index in [0.717, 1.165) is 25.7 Å². The molecule has 1 aliphatic rings. The van der Waals surface area contributed by atoms with Crippen molar-refractivity contribution in [3.63, 3.8) is 0 Å². The molecule has 0 heterocycles. The summed E-state index contributed by atoms with van der Waals surface area (Å²) in [4.78, 5) is 36.7. The van der Waals surface area contributed by atoms with Crippen molar-refractivity contribution in [3.05, 3.63) is 0 Å². The summed E-state index contributed by atoms with van der Waals surface area (Å²) in [6.45, 7) is 7.44. The van der Waals surface area contributed by atoms with E-state index in [9.17, 15) is 14.4 Å². The monoisotopic (exact) mass is 341 g/mol. The summed E-state index contributed by atoms with van der Waals surface area (Å²) >= 11 is 0. The van der Waals surface area contributed by atoms with Crippen molar-refractivity contribution in [1.29, 1.82) is 0 Å². The molecule has 0 aromatic carbocycles. The molecule has 1 fully saturated rings. The number of hydrogen-bond acceptors (Lipinski definition) is 6. The Balaban J connectivity index is 2.88. The van der Waals surface area contributed by atoms with Crippen molar-refractivity contribution in [3.8, 4) is 0 Å². The molecule has 1 aliphatic carbocycles. The van der Waals surface area contributed by atoms with E-state index in [2.05, 4.69) is 11.7 Å². The van der Waals surface area contributed by atoms with Gasteiger partial charge in [-0.05, 0) is 39.0 Å². The molecule has 0 saturated heterocycles. The molecule has 24 heavy (non-hydrogen) atoms. The van der Waals surface area contributed by atoms with Gasteiger partial charge in [-0.1, -0.05) is 32.6 Å². The molecular weight excluding hydrogens is 310 g/mol. The molecule has 2 N–H and O–H groups in total. The van der Waals surface area contributed by atoms with E-state index >= 15 is 0 Å². The predicted molar refractivity (Wildman–Crippen MR) is 90.1 cm³/mol. The van der Waals surface area contributed by atoms with E-state index < -0.39 is 35.3 Å². The second-order valence-corrected chi connectivity index (χ2v) is 7.85. The summed E-state index contributed by atoms with van der Waals surface area (Å²) in [5.74, 6) is -2.12. The largest absolute Gasteiger partial charge is 0.468 e. The van der Waals surface area contributed by atoms with Crippen LogP contribution in [-0.2, 0) is 23.9 Å². The molecular formula is C18H31NO5. The lowest BCUT2D eigenvalue weighted by Crippen LogP contribution is -2.47. The van der Waals surface area contributed by atoms with Crippen molar-refractivity contribution in [2.45, 2.75) is 71.4 Å². The van der Waals surface area contributed by atoms with Gasteiger partial charge in [-0.15, -0.1) is 0 Å². The first-order valence-corrected chi connectivity index (χ1v) is 8.65. The average molecular weight is 341 g/mol. The SMILES string of the molecule is COC(=O)C(N)C(=O)[C@H](CC1CCC(C)CC1)C(=O)OC(C)(C)C. The lowest BCUT2D eigenvalue weighted by Gasteiger charge is -2.30. The van der Waals surface area contributed by atoms with Gasteiger partial charge in [0.15, 0.2) is 11.8 Å². The van der Waals surface area contributed by atoms with Gasteiger partial charge in [0.25, 0.3) is 0 Å². The van der Waals surface area contributed by atoms with Crippen LogP contribution in [0, 0.1) is 17.8 Å². The fraction of sp³-hybridized carbons (Fsp3) is 0.833. The molecule has 0 spiro atoms. The summed E-state index contributed by atoms with van der Waals surface area (Å²) < 4.78 is 9.91. The number of nitrogens with two attached hydrogens (primary N) is 1. The van der Waals surface area contributed by atoms with Crippen LogP contribution in [0.1, 0.15) is 59.8 Å². The number of ketones is 1. The van der Waals surface area contributed by atoms with Crippen LogP contribution >= 0.6 is 0 Å². The van der Waals surface area contributed by atoms with Crippen LogP contribution in [0.3, 0.4) is 0 Å². The van der Waals surface area contributed by atoms with Crippen LogP contribution < -0.4 is 5.73 Å². The third-order valence-corrected chi connectivity index (χ3v) is 4.50. The van der Waals surface area contributed by atoms with Crippen LogP contribution in [-0.4, -0.2) is 36.5 Å². The average Bonchev–Trinajstić information content (AvgIpc) is 2.50. The first-order valence-electron chi connectivity index (χ1n) is 8.65. The van der Waals surface area contributed by atoms with Gasteiger partial charge in [0.05, 0.1) is 7.11 Å². The molecule has 138 valence electrons. The van der Waals surface area contributed by atoms with E-state index in [-0.39, 0.29) is 5.92 Å². The van der Waals surface area contributed by atoms with Crippen LogP contribution in [0.25, 0.3) is 0 Å². The number of rotatable bonds is 6. The highest BCUT2D eigenvalue weighted by molar-refractivity contribution is 6.11. The van der Waals surface area contributed by atoms with Crippen LogP contribution in [0.2, 0.25) is 0 Å². The smallest absolute Gasteiger partial charge is 0.330 e. The van der Waals surface area contributed by atoms with Crippen molar-refractivity contribution in [2.24, 2.45) is 23.5 Å². The first kappa shape index (κ1) is 20.6. The van der Waals surface area contributed by atoms with Gasteiger partial charge in [-0.2, -0.15) is 0 Å². The van der Waals surface area contributed by atoms with E-state index in [1.807, 2.05) is 0 Å². The van der Waals surface area contributed by atoms with E-state index in [0.29, 0.717) is 12.3 Å². The Morgan fingerprint density at radius 2 is 1.62 bits per heavy atom. The van der Waals surface area contributed by atoms with E-state index in [1.54, 1.807) is 20.8 Å². The minimum Gasteiger partial charge on any atom is -0.468 e. The van der Waals surface area contributed by atoms with Gasteiger partial charge >= 0.3 is 11.9 Å². The molecule has 0 aliphatic heterocycles. The number of Topliss-reactive ketones (excluding diaryl/α,β-unsaturated/α-hetero) is 1. The van der Waals surface area contributed by atoms with Gasteiger partial charge < -0.3 is 15.2 Å². The number of ether oxygens (including phenoxy) is 2. The fourth-order valence-electron chi connectivity index (χ4n) is 3.06. The highest BCUT2D eigenvalue weighted by Crippen LogP contribution is 2.33. The zero-order valence-corrected chi connectivity index (χ0v) is 15.5. The Kier molecular flexibility index (Phi) is 7.39. The zero-order valence-electron chi connectivity index (χ0n) is 15.5. The molecule has 6 nitrogen and oxygen atoms in total. The maximum absolute atomic E-state index is 12.6. The van der Waals surface area contributed by atoms with Crippen LogP contribution in [0.15, 0.2) is 0 Å². The number of esters is 2. The minimum atomic E-state index is -1.45. The molecule has 0 amide bonds. The molecule has 0 bridgehead atoms. The van der Waals surface area contributed by atoms with Crippen molar-refractivity contribution in [1.82, 2.24) is 0 Å². The topological polar surface area (TPSA) is 95.7 Å². The van der Waals surface area contributed by atoms with Crippen LogP contribution in [0.5, 0.6) is 0 Å². The normalized spacial score (nSPS) is 23.9. The van der Waals surface area contributed by atoms with E-state index in [4.69, 9.17) is 10.5 Å². The fourth-order valence-corrected chi connectivity index (χ4v) is 3.06. The lowest BCUT2D eigenvalue weighted by atomic mass is 9.77. The maximum Gasteiger partial charge on any atom is 0.330 e. The summed E-state index contributed by atoms with van der Waals surface area (Å²) in [7, 11) is 1.17. The van der Waals surface area contributed by atoms with Gasteiger partial charge in [0, 0.05) is 0 Å². The first-order chi connectivity index (χ1) is 11.0. The van der Waals surface area contributed by atoms with E-state index in [1.165, 1.54) is 7.11 Å². The Hall–Kier alpha value is -1.43. The third kappa shape index (κ3) is 6.23. The summed E-state index contributed by atoms with van der Waals surface area (Å²) in [6.07, 6.45) is 4.50. The number of carbonyl (C=O) groups is 3. The van der Waals surface area contributed by atoms with Gasteiger partial charge in [-0.3, -0.25) is 9.59 Å². The molecule has 1 unspecified atom stereocenters. The molecule has 1 saturated carbocycles. The summed E-state index contributed by atoms with van der Waals surface area (Å²) in [5.41, 5.74) is 4.97. The Morgan fingerprint density at radius 3 is 2.08 bits per heavy atom. The molecule has 0 aromatic rings. The van der Waals surface area contributed by atoms with Gasteiger partial charge in [0.2, 0.25) is 0 Å². The quantitative estimate of drug-likeness (QED) is 0.588. The Labute approximate surface area is 144 Å². The highest BCUT2D eigenvalue weighted by Gasteiger charge is 2.39. The number of hydrogen-bond donors (Lipinski definition) is 1. The zero-order chi connectivity index (χ0) is 18.5. The van der Waals surface area contributed by atoms with Gasteiger partial charge in [-0.25, -0.2) is 4.79 Å². The number of carbonyl (C=O) groups excluding carboxylic acids is 3. The lowest BCUT2D eigenvalue weighted by molar-refractivity contribution is -0.163. The minimum absolute atomic E-state index is 0.271. The second-order valence-electron chi connectivity index (χ2n) is 7.85. The summed E-state index contributed by atoms with van der Waals surface area (Å²) in [5, 5.41) is 0. The van der Waals surface area contributed by atoms with Gasteiger partial charge in [0.1, 0.15) is 11.5 Å². The maximum atomic E-state index is 12.6. The van der Waals surface area contributed by atoms with Crippen molar-refractivity contribution < 1.29 is 23.9 Å². The predicted octanol–water partition coefficient (Wildman–Crippen LogP) is 2.23. The second kappa shape index (κ2) is 8.60. The van der Waals surface area contributed by atoms with Crippen molar-refractivity contribution >= 4 is 17.7 Å². The van der Waals surface area contributed by atoms with Crippen LogP contribution in [0.4, 0.5) is 0 Å². The Morgan fingerprint density at radius 1 is 1.08 bits per heavy atom. The Bertz CT molecular complexity index is 461.